The van der Waals surface area contributed by atoms with Crippen molar-refractivity contribution < 1.29 is 0 Å². The van der Waals surface area contributed by atoms with Crippen molar-refractivity contribution in [1.82, 2.24) is 14.8 Å². The van der Waals surface area contributed by atoms with Crippen LogP contribution < -0.4 is 0 Å². The lowest BCUT2D eigenvalue weighted by Gasteiger charge is -2.20. The number of aromatic nitrogens is 3. The van der Waals surface area contributed by atoms with Gasteiger partial charge in [-0.15, -0.1) is 0 Å². The van der Waals surface area contributed by atoms with Gasteiger partial charge in [0.2, 0.25) is 0 Å². The predicted octanol–water partition coefficient (Wildman–Crippen LogP) is 4.78. The molecular weight excluding hydrogens is 270 g/mol. The molecule has 0 fully saturated rings. The van der Waals surface area contributed by atoms with Gasteiger partial charge in [-0.2, -0.15) is 5.10 Å². The maximum atomic E-state index is 4.90. The van der Waals surface area contributed by atoms with E-state index in [0.29, 0.717) is 0 Å². The Labute approximate surface area is 132 Å². The molecule has 0 radical (unpaired) electrons. The first-order valence-electron chi connectivity index (χ1n) is 7.71. The number of hydrogen-bond acceptors (Lipinski definition) is 2. The molecule has 0 bridgehead atoms. The number of benzene rings is 1. The second kappa shape index (κ2) is 4.94. The lowest BCUT2D eigenvalue weighted by molar-refractivity contribution is 0.368. The number of nitrogens with zero attached hydrogens (tertiary/aromatic N) is 3. The van der Waals surface area contributed by atoms with E-state index < -0.39 is 0 Å². The molecule has 114 valence electrons. The van der Waals surface area contributed by atoms with E-state index in [1.54, 1.807) is 0 Å². The fourth-order valence-electron chi connectivity index (χ4n) is 2.87. The molecule has 3 nitrogen and oxygen atoms in total. The fourth-order valence-corrected chi connectivity index (χ4v) is 2.87. The SMILES string of the molecule is Cc1cc2c(cnn2C(C)(C)C)nc1-c1cccc(C)c1C. The average molecular weight is 293 g/mol. The van der Waals surface area contributed by atoms with E-state index in [0.717, 1.165) is 16.7 Å². The van der Waals surface area contributed by atoms with E-state index in [1.165, 1.54) is 22.3 Å². The van der Waals surface area contributed by atoms with Crippen LogP contribution in [0, 0.1) is 20.8 Å². The zero-order valence-electron chi connectivity index (χ0n) is 14.2. The summed E-state index contributed by atoms with van der Waals surface area (Å²) in [5.41, 5.74) is 8.05. The van der Waals surface area contributed by atoms with Crippen LogP contribution in [-0.2, 0) is 5.54 Å². The van der Waals surface area contributed by atoms with Crippen LogP contribution in [0.15, 0.2) is 30.5 Å². The minimum absolute atomic E-state index is 0.0450. The highest BCUT2D eigenvalue weighted by Crippen LogP contribution is 2.30. The maximum Gasteiger partial charge on any atom is 0.109 e. The first kappa shape index (κ1) is 14.8. The van der Waals surface area contributed by atoms with Gasteiger partial charge in [0.05, 0.1) is 22.9 Å². The number of rotatable bonds is 1. The molecule has 0 amide bonds. The highest BCUT2D eigenvalue weighted by Gasteiger charge is 2.19. The molecule has 1 aromatic carbocycles. The molecule has 0 saturated carbocycles. The van der Waals surface area contributed by atoms with E-state index in [9.17, 15) is 0 Å². The first-order valence-corrected chi connectivity index (χ1v) is 7.71. The molecule has 0 saturated heterocycles. The van der Waals surface area contributed by atoms with Gasteiger partial charge < -0.3 is 0 Å². The molecule has 2 heterocycles. The Hall–Kier alpha value is -2.16. The van der Waals surface area contributed by atoms with Crippen molar-refractivity contribution in [2.75, 3.05) is 0 Å². The van der Waals surface area contributed by atoms with E-state index in [4.69, 9.17) is 4.98 Å². The van der Waals surface area contributed by atoms with Crippen LogP contribution in [-0.4, -0.2) is 14.8 Å². The van der Waals surface area contributed by atoms with Crippen LogP contribution in [0.2, 0.25) is 0 Å². The van der Waals surface area contributed by atoms with Crippen molar-refractivity contribution in [3.63, 3.8) is 0 Å². The van der Waals surface area contributed by atoms with Gasteiger partial charge >= 0.3 is 0 Å². The Bertz CT molecular complexity index is 851. The van der Waals surface area contributed by atoms with Crippen molar-refractivity contribution in [1.29, 1.82) is 0 Å². The van der Waals surface area contributed by atoms with Crippen LogP contribution in [0.3, 0.4) is 0 Å². The topological polar surface area (TPSA) is 30.7 Å². The third-order valence-corrected chi connectivity index (χ3v) is 4.24. The zero-order chi connectivity index (χ0) is 16.1. The van der Waals surface area contributed by atoms with Gasteiger partial charge in [0, 0.05) is 5.56 Å². The molecule has 0 N–H and O–H groups in total. The summed E-state index contributed by atoms with van der Waals surface area (Å²) in [5.74, 6) is 0. The third-order valence-electron chi connectivity index (χ3n) is 4.24. The number of fused-ring (bicyclic) bond motifs is 1. The second-order valence-corrected chi connectivity index (χ2v) is 7.03. The Balaban J connectivity index is 2.25. The van der Waals surface area contributed by atoms with E-state index >= 15 is 0 Å². The molecular formula is C19H23N3. The molecule has 3 rings (SSSR count). The largest absolute Gasteiger partial charge is 0.258 e. The number of pyridine rings is 1. The van der Waals surface area contributed by atoms with Crippen molar-refractivity contribution in [2.45, 2.75) is 47.1 Å². The summed E-state index contributed by atoms with van der Waals surface area (Å²) >= 11 is 0. The van der Waals surface area contributed by atoms with Gasteiger partial charge in [-0.1, -0.05) is 18.2 Å². The number of aryl methyl sites for hydroxylation is 2. The highest BCUT2D eigenvalue weighted by molar-refractivity contribution is 5.81. The fraction of sp³-hybridized carbons (Fsp3) is 0.368. The minimum Gasteiger partial charge on any atom is -0.258 e. The molecule has 3 aromatic rings. The summed E-state index contributed by atoms with van der Waals surface area (Å²) in [6, 6.07) is 8.60. The van der Waals surface area contributed by atoms with E-state index in [2.05, 4.69) is 75.6 Å². The van der Waals surface area contributed by atoms with Gasteiger partial charge in [0.25, 0.3) is 0 Å². The van der Waals surface area contributed by atoms with Crippen molar-refractivity contribution in [3.05, 3.63) is 47.2 Å². The summed E-state index contributed by atoms with van der Waals surface area (Å²) in [4.78, 5) is 4.90. The normalized spacial score (nSPS) is 12.1. The lowest BCUT2D eigenvalue weighted by Crippen LogP contribution is -2.22. The Morgan fingerprint density at radius 2 is 1.73 bits per heavy atom. The van der Waals surface area contributed by atoms with Gasteiger partial charge in [-0.05, 0) is 64.3 Å². The minimum atomic E-state index is -0.0450. The molecule has 2 aromatic heterocycles. The Kier molecular flexibility index (Phi) is 3.32. The molecule has 0 aliphatic rings. The second-order valence-electron chi connectivity index (χ2n) is 7.03. The summed E-state index contributed by atoms with van der Waals surface area (Å²) < 4.78 is 2.05. The summed E-state index contributed by atoms with van der Waals surface area (Å²) in [5, 5.41) is 4.54. The molecule has 3 heteroatoms. The standard InChI is InChI=1S/C19H23N3/c1-12-8-7-9-15(14(12)3)18-13(2)10-17-16(21-18)11-20-22(17)19(4,5)6/h7-11H,1-6H3. The molecule has 0 atom stereocenters. The van der Waals surface area contributed by atoms with Crippen LogP contribution in [0.4, 0.5) is 0 Å². The Morgan fingerprint density at radius 1 is 1.00 bits per heavy atom. The van der Waals surface area contributed by atoms with Crippen molar-refractivity contribution in [3.8, 4) is 11.3 Å². The van der Waals surface area contributed by atoms with Gasteiger partial charge in [0.1, 0.15) is 5.52 Å². The summed E-state index contributed by atoms with van der Waals surface area (Å²) in [7, 11) is 0. The van der Waals surface area contributed by atoms with Crippen LogP contribution >= 0.6 is 0 Å². The summed E-state index contributed by atoms with van der Waals surface area (Å²) in [6.45, 7) is 12.9. The van der Waals surface area contributed by atoms with Crippen molar-refractivity contribution >= 4 is 11.0 Å². The molecule has 0 aliphatic carbocycles. The van der Waals surface area contributed by atoms with Crippen molar-refractivity contribution in [2.24, 2.45) is 0 Å². The molecule has 22 heavy (non-hydrogen) atoms. The average Bonchev–Trinajstić information content (AvgIpc) is 2.84. The smallest absolute Gasteiger partial charge is 0.109 e. The highest BCUT2D eigenvalue weighted by atomic mass is 15.3. The maximum absolute atomic E-state index is 4.90. The molecule has 0 spiro atoms. The van der Waals surface area contributed by atoms with Gasteiger partial charge in [-0.25, -0.2) is 4.98 Å². The molecule has 0 unspecified atom stereocenters. The van der Waals surface area contributed by atoms with Gasteiger partial charge in [0.15, 0.2) is 0 Å². The monoisotopic (exact) mass is 293 g/mol. The quantitative estimate of drug-likeness (QED) is 0.646. The van der Waals surface area contributed by atoms with Crippen LogP contribution in [0.1, 0.15) is 37.5 Å². The third kappa shape index (κ3) is 2.31. The lowest BCUT2D eigenvalue weighted by atomic mass is 9.98. The van der Waals surface area contributed by atoms with Gasteiger partial charge in [-0.3, -0.25) is 4.68 Å². The summed E-state index contributed by atoms with van der Waals surface area (Å²) in [6.07, 6.45) is 1.87. The predicted molar refractivity (Wildman–Crippen MR) is 92.2 cm³/mol. The first-order chi connectivity index (χ1) is 10.3. The van der Waals surface area contributed by atoms with Crippen LogP contribution in [0.25, 0.3) is 22.3 Å². The van der Waals surface area contributed by atoms with E-state index in [1.807, 2.05) is 6.20 Å². The van der Waals surface area contributed by atoms with E-state index in [-0.39, 0.29) is 5.54 Å². The van der Waals surface area contributed by atoms with Crippen LogP contribution in [0.5, 0.6) is 0 Å². The zero-order valence-corrected chi connectivity index (χ0v) is 14.2. The Morgan fingerprint density at radius 3 is 2.41 bits per heavy atom. The molecule has 0 aliphatic heterocycles. The number of hydrogen-bond donors (Lipinski definition) is 0.